The van der Waals surface area contributed by atoms with Crippen LogP contribution in [-0.2, 0) is 5.41 Å². The maximum absolute atomic E-state index is 12.8. The predicted octanol–water partition coefficient (Wildman–Crippen LogP) is 3.02. The average Bonchev–Trinajstić information content (AvgIpc) is 2.21. The molecule has 94 valence electrons. The molecule has 1 aromatic rings. The molecule has 0 atom stereocenters. The van der Waals surface area contributed by atoms with E-state index >= 15 is 0 Å². The number of phenolic OH excluding ortho intramolecular Hbond substituents is 1. The zero-order valence-corrected chi connectivity index (χ0v) is 9.84. The van der Waals surface area contributed by atoms with Gasteiger partial charge in [0, 0.05) is 12.0 Å². The van der Waals surface area contributed by atoms with Gasteiger partial charge < -0.3 is 10.8 Å². The van der Waals surface area contributed by atoms with Gasteiger partial charge in [0.2, 0.25) is 0 Å². The van der Waals surface area contributed by atoms with Crippen LogP contribution in [0.1, 0.15) is 42.4 Å². The van der Waals surface area contributed by atoms with E-state index in [4.69, 9.17) is 5.73 Å². The van der Waals surface area contributed by atoms with Gasteiger partial charge in [0.05, 0.1) is 5.56 Å². The second-order valence-corrected chi connectivity index (χ2v) is 4.87. The number of hydrogen-bond acceptors (Lipinski definition) is 2. The molecule has 0 aromatic heterocycles. The first-order valence-corrected chi connectivity index (χ1v) is 5.82. The summed E-state index contributed by atoms with van der Waals surface area (Å²) >= 11 is 0. The first kappa shape index (κ1) is 12.3. The Morgan fingerprint density at radius 2 is 2.06 bits per heavy atom. The molecule has 0 spiro atoms. The summed E-state index contributed by atoms with van der Waals surface area (Å²) < 4.78 is 25.6. The monoisotopic (exact) mass is 241 g/mol. The van der Waals surface area contributed by atoms with Crippen LogP contribution in [0.5, 0.6) is 5.75 Å². The summed E-state index contributed by atoms with van der Waals surface area (Å²) in [5, 5.41) is 9.61. The van der Waals surface area contributed by atoms with Crippen LogP contribution in [0.2, 0.25) is 0 Å². The maximum atomic E-state index is 12.8. The molecular formula is C13H17F2NO. The minimum atomic E-state index is -2.65. The van der Waals surface area contributed by atoms with Crippen LogP contribution >= 0.6 is 0 Å². The second kappa shape index (κ2) is 4.26. The van der Waals surface area contributed by atoms with E-state index in [0.29, 0.717) is 12.1 Å². The zero-order chi connectivity index (χ0) is 12.6. The lowest BCUT2D eigenvalue weighted by molar-refractivity contribution is 0.146. The van der Waals surface area contributed by atoms with Crippen molar-refractivity contribution in [3.05, 3.63) is 28.8 Å². The lowest BCUT2D eigenvalue weighted by atomic mass is 9.64. The van der Waals surface area contributed by atoms with E-state index in [-0.39, 0.29) is 16.7 Å². The van der Waals surface area contributed by atoms with Crippen molar-refractivity contribution >= 4 is 0 Å². The SMILES string of the molecule is Cc1cc(C2(CN)CCC2)cc(C(F)F)c1O. The topological polar surface area (TPSA) is 46.2 Å². The third kappa shape index (κ3) is 1.90. The Morgan fingerprint density at radius 3 is 2.47 bits per heavy atom. The normalized spacial score (nSPS) is 18.2. The molecule has 2 nitrogen and oxygen atoms in total. The molecule has 0 unspecified atom stereocenters. The van der Waals surface area contributed by atoms with Gasteiger partial charge in [0.15, 0.2) is 0 Å². The van der Waals surface area contributed by atoms with Crippen molar-refractivity contribution in [1.82, 2.24) is 0 Å². The van der Waals surface area contributed by atoms with Crippen molar-refractivity contribution in [2.24, 2.45) is 5.73 Å². The summed E-state index contributed by atoms with van der Waals surface area (Å²) in [6.45, 7) is 2.12. The molecule has 1 fully saturated rings. The molecule has 17 heavy (non-hydrogen) atoms. The van der Waals surface area contributed by atoms with E-state index < -0.39 is 6.43 Å². The van der Waals surface area contributed by atoms with E-state index in [1.165, 1.54) is 6.07 Å². The number of hydrogen-bond donors (Lipinski definition) is 2. The fraction of sp³-hybridized carbons (Fsp3) is 0.538. The van der Waals surface area contributed by atoms with Crippen molar-refractivity contribution < 1.29 is 13.9 Å². The summed E-state index contributed by atoms with van der Waals surface area (Å²) in [7, 11) is 0. The fourth-order valence-electron chi connectivity index (χ4n) is 2.49. The van der Waals surface area contributed by atoms with Crippen LogP contribution in [0.4, 0.5) is 8.78 Å². The Labute approximate surface area is 99.4 Å². The molecule has 0 aliphatic heterocycles. The summed E-state index contributed by atoms with van der Waals surface area (Å²) in [6, 6.07) is 3.20. The van der Waals surface area contributed by atoms with E-state index in [9.17, 15) is 13.9 Å². The molecule has 0 bridgehead atoms. The number of halogens is 2. The molecule has 1 aliphatic carbocycles. The van der Waals surface area contributed by atoms with Crippen LogP contribution in [0.25, 0.3) is 0 Å². The maximum Gasteiger partial charge on any atom is 0.267 e. The third-order valence-corrected chi connectivity index (χ3v) is 3.88. The van der Waals surface area contributed by atoms with E-state index in [1.807, 2.05) is 0 Å². The molecule has 3 N–H and O–H groups in total. The number of rotatable bonds is 3. The average molecular weight is 241 g/mol. The molecular weight excluding hydrogens is 224 g/mol. The standard InChI is InChI=1S/C13H17F2NO/c1-8-5-9(13(7-16)3-2-4-13)6-10(11(8)17)12(14)15/h5-6,12,17H,2-4,7,16H2,1H3. The first-order valence-electron chi connectivity index (χ1n) is 5.82. The van der Waals surface area contributed by atoms with Crippen LogP contribution < -0.4 is 5.73 Å². The van der Waals surface area contributed by atoms with Crippen molar-refractivity contribution in [2.75, 3.05) is 6.54 Å². The highest BCUT2D eigenvalue weighted by atomic mass is 19.3. The van der Waals surface area contributed by atoms with Crippen LogP contribution in [0, 0.1) is 6.92 Å². The largest absolute Gasteiger partial charge is 0.507 e. The lowest BCUT2D eigenvalue weighted by Crippen LogP contribution is -2.41. The molecule has 4 heteroatoms. The molecule has 1 saturated carbocycles. The van der Waals surface area contributed by atoms with Gasteiger partial charge in [-0.3, -0.25) is 0 Å². The predicted molar refractivity (Wildman–Crippen MR) is 62.4 cm³/mol. The van der Waals surface area contributed by atoms with Gasteiger partial charge in [0.25, 0.3) is 6.43 Å². The summed E-state index contributed by atoms with van der Waals surface area (Å²) in [5.74, 6) is -0.296. The summed E-state index contributed by atoms with van der Waals surface area (Å²) in [4.78, 5) is 0. The molecule has 1 aliphatic rings. The van der Waals surface area contributed by atoms with Crippen LogP contribution in [-0.4, -0.2) is 11.7 Å². The number of nitrogens with two attached hydrogens (primary N) is 1. The van der Waals surface area contributed by atoms with Gasteiger partial charge in [-0.25, -0.2) is 8.78 Å². The van der Waals surface area contributed by atoms with E-state index in [2.05, 4.69) is 0 Å². The Bertz CT molecular complexity index is 422. The summed E-state index contributed by atoms with van der Waals surface area (Å²) in [5.41, 5.74) is 6.68. The zero-order valence-electron chi connectivity index (χ0n) is 9.84. The fourth-order valence-corrected chi connectivity index (χ4v) is 2.49. The first-order chi connectivity index (χ1) is 8.00. The van der Waals surface area contributed by atoms with Crippen molar-refractivity contribution in [3.8, 4) is 5.75 Å². The van der Waals surface area contributed by atoms with Gasteiger partial charge in [-0.2, -0.15) is 0 Å². The van der Waals surface area contributed by atoms with Gasteiger partial charge in [0.1, 0.15) is 5.75 Å². The van der Waals surface area contributed by atoms with Crippen molar-refractivity contribution in [1.29, 1.82) is 0 Å². The van der Waals surface area contributed by atoms with Crippen molar-refractivity contribution in [3.63, 3.8) is 0 Å². The van der Waals surface area contributed by atoms with Crippen LogP contribution in [0.3, 0.4) is 0 Å². The molecule has 0 amide bonds. The van der Waals surface area contributed by atoms with Gasteiger partial charge in [-0.05, 0) is 37.0 Å². The number of alkyl halides is 2. The Morgan fingerprint density at radius 1 is 1.41 bits per heavy atom. The Hall–Kier alpha value is -1.16. The number of aromatic hydroxyl groups is 1. The van der Waals surface area contributed by atoms with Gasteiger partial charge in [-0.1, -0.05) is 12.5 Å². The minimum absolute atomic E-state index is 0.151. The number of aryl methyl sites for hydroxylation is 1. The Kier molecular flexibility index (Phi) is 3.08. The van der Waals surface area contributed by atoms with E-state index in [0.717, 1.165) is 24.8 Å². The lowest BCUT2D eigenvalue weighted by Gasteiger charge is -2.42. The molecule has 0 heterocycles. The minimum Gasteiger partial charge on any atom is -0.507 e. The molecule has 1 aromatic carbocycles. The summed E-state index contributed by atoms with van der Waals surface area (Å²) in [6.07, 6.45) is 0.317. The quantitative estimate of drug-likeness (QED) is 0.854. The molecule has 0 saturated heterocycles. The number of benzene rings is 1. The van der Waals surface area contributed by atoms with Crippen LogP contribution in [0.15, 0.2) is 12.1 Å². The Balaban J connectivity index is 2.49. The number of phenols is 1. The smallest absolute Gasteiger partial charge is 0.267 e. The van der Waals surface area contributed by atoms with E-state index in [1.54, 1.807) is 13.0 Å². The second-order valence-electron chi connectivity index (χ2n) is 4.87. The van der Waals surface area contributed by atoms with Gasteiger partial charge >= 0.3 is 0 Å². The highest BCUT2D eigenvalue weighted by Crippen LogP contribution is 2.45. The van der Waals surface area contributed by atoms with Crippen molar-refractivity contribution in [2.45, 2.75) is 38.0 Å². The highest BCUT2D eigenvalue weighted by molar-refractivity contribution is 5.46. The van der Waals surface area contributed by atoms with Gasteiger partial charge in [-0.15, -0.1) is 0 Å². The third-order valence-electron chi connectivity index (χ3n) is 3.88. The molecule has 0 radical (unpaired) electrons. The molecule has 2 rings (SSSR count). The highest BCUT2D eigenvalue weighted by Gasteiger charge is 2.38.